The van der Waals surface area contributed by atoms with Crippen LogP contribution in [0, 0.1) is 0 Å². The van der Waals surface area contributed by atoms with Crippen molar-refractivity contribution in [3.63, 3.8) is 0 Å². The number of halogens is 1. The van der Waals surface area contributed by atoms with Crippen LogP contribution in [0.1, 0.15) is 0 Å². The van der Waals surface area contributed by atoms with Crippen LogP contribution in [0.2, 0.25) is 0 Å². The van der Waals surface area contributed by atoms with Crippen molar-refractivity contribution < 1.29 is 9.68 Å². The molecule has 88 valence electrons. The Labute approximate surface area is 114 Å². The number of hydrogen-bond acceptors (Lipinski definition) is 2. The second-order valence-corrected chi connectivity index (χ2v) is 4.80. The number of hydrogen-bond donors (Lipinski definition) is 1. The van der Waals surface area contributed by atoms with E-state index < -0.39 is 0 Å². The van der Waals surface area contributed by atoms with Gasteiger partial charge in [0.15, 0.2) is 0 Å². The van der Waals surface area contributed by atoms with Gasteiger partial charge in [-0.2, -0.15) is 0 Å². The van der Waals surface area contributed by atoms with Gasteiger partial charge in [-0.3, -0.25) is 0 Å². The first-order chi connectivity index (χ1) is 8.83. The van der Waals surface area contributed by atoms with E-state index in [4.69, 9.17) is 9.68 Å². The highest BCUT2D eigenvalue weighted by Crippen LogP contribution is 2.40. The molecule has 0 heterocycles. The first kappa shape index (κ1) is 11.6. The maximum atomic E-state index is 9.07. The molecule has 0 saturated heterocycles. The Hall–Kier alpha value is -1.52. The molecule has 0 radical (unpaired) electrons. The topological polar surface area (TPSA) is 29.5 Å². The Morgan fingerprint density at radius 3 is 1.72 bits per heavy atom. The average Bonchev–Trinajstić information content (AvgIpc) is 2.43. The summed E-state index contributed by atoms with van der Waals surface area (Å²) in [5, 5.41) is 13.2. The monoisotopic (exact) mass is 300 g/mol. The Bertz CT molecular complexity index is 670. The molecule has 3 rings (SSSR count). The fourth-order valence-electron chi connectivity index (χ4n) is 2.26. The third kappa shape index (κ3) is 1.69. The molecular weight excluding hydrogens is 291 g/mol. The molecule has 0 atom stereocenters. The lowest BCUT2D eigenvalue weighted by Crippen LogP contribution is -2.01. The van der Waals surface area contributed by atoms with Gasteiger partial charge in [0.1, 0.15) is 5.75 Å². The van der Waals surface area contributed by atoms with Gasteiger partial charge in [-0.25, -0.2) is 0 Å². The van der Waals surface area contributed by atoms with E-state index in [2.05, 4.69) is 15.9 Å². The molecule has 0 saturated carbocycles. The predicted molar refractivity (Wildman–Crippen MR) is 79.1 cm³/mol. The van der Waals surface area contributed by atoms with Crippen LogP contribution in [-0.4, -0.2) is 12.7 Å². The van der Waals surface area contributed by atoms with Crippen LogP contribution in [0.25, 0.3) is 21.5 Å². The summed E-state index contributed by atoms with van der Waals surface area (Å²) in [5.74, 6) is 0.729. The van der Waals surface area contributed by atoms with E-state index in [0.29, 0.717) is 0 Å². The second kappa shape index (κ2) is 4.63. The first-order valence-electron chi connectivity index (χ1n) is 5.65. The molecule has 3 aromatic carbocycles. The summed E-state index contributed by atoms with van der Waals surface area (Å²) < 4.78 is 6.48. The Morgan fingerprint density at radius 2 is 1.28 bits per heavy atom. The highest BCUT2D eigenvalue weighted by Gasteiger charge is 2.12. The second-order valence-electron chi connectivity index (χ2n) is 4.01. The fourth-order valence-corrected chi connectivity index (χ4v) is 2.95. The molecule has 0 fully saturated rings. The number of rotatable bonds is 2. The van der Waals surface area contributed by atoms with E-state index >= 15 is 0 Å². The molecule has 0 aliphatic carbocycles. The van der Waals surface area contributed by atoms with Gasteiger partial charge in [0.05, 0.1) is 0 Å². The lowest BCUT2D eigenvalue weighted by molar-refractivity contribution is 0.459. The van der Waals surface area contributed by atoms with Crippen molar-refractivity contribution in [1.82, 2.24) is 0 Å². The lowest BCUT2D eigenvalue weighted by atomic mass is 10.0. The third-order valence-corrected chi connectivity index (χ3v) is 3.88. The molecule has 1 N–H and O–H groups in total. The van der Waals surface area contributed by atoms with Crippen LogP contribution >= 0.6 is 15.9 Å². The number of fused-ring (bicyclic) bond motifs is 2. The lowest BCUT2D eigenvalue weighted by Gasteiger charge is -2.13. The molecule has 2 nitrogen and oxygen atoms in total. The zero-order chi connectivity index (χ0) is 12.5. The zero-order valence-electron chi connectivity index (χ0n) is 9.56. The smallest absolute Gasteiger partial charge is 0.504 e. The van der Waals surface area contributed by atoms with Crippen LogP contribution in [0.3, 0.4) is 0 Å². The number of benzene rings is 3. The van der Waals surface area contributed by atoms with E-state index in [-0.39, 0.29) is 7.69 Å². The zero-order valence-corrected chi connectivity index (χ0v) is 11.1. The van der Waals surface area contributed by atoms with Gasteiger partial charge < -0.3 is 9.68 Å². The molecule has 18 heavy (non-hydrogen) atoms. The van der Waals surface area contributed by atoms with Crippen molar-refractivity contribution in [2.75, 3.05) is 0 Å². The van der Waals surface area contributed by atoms with Crippen molar-refractivity contribution in [3.8, 4) is 5.75 Å². The third-order valence-electron chi connectivity index (χ3n) is 3.03. The SMILES string of the molecule is OBOc1c2ccccc2c(Br)c2ccccc12. The molecule has 0 spiro atoms. The summed E-state index contributed by atoms with van der Waals surface area (Å²) in [6.45, 7) is 0. The predicted octanol–water partition coefficient (Wildman–Crippen LogP) is 3.39. The molecular formula is C14H10BBrO2. The normalized spacial score (nSPS) is 10.8. The van der Waals surface area contributed by atoms with E-state index in [9.17, 15) is 0 Å². The van der Waals surface area contributed by atoms with Crippen LogP contribution < -0.4 is 4.65 Å². The van der Waals surface area contributed by atoms with Gasteiger partial charge in [0.2, 0.25) is 0 Å². The van der Waals surface area contributed by atoms with Gasteiger partial charge in [-0.15, -0.1) is 0 Å². The highest BCUT2D eigenvalue weighted by atomic mass is 79.9. The summed E-state index contributed by atoms with van der Waals surface area (Å²) in [4.78, 5) is 0. The van der Waals surface area contributed by atoms with E-state index in [1.807, 2.05) is 48.5 Å². The molecule has 0 aromatic heterocycles. The molecule has 0 bridgehead atoms. The first-order valence-corrected chi connectivity index (χ1v) is 6.45. The minimum Gasteiger partial charge on any atom is -0.538 e. The van der Waals surface area contributed by atoms with E-state index in [1.165, 1.54) is 0 Å². The summed E-state index contributed by atoms with van der Waals surface area (Å²) in [6.07, 6.45) is 0. The van der Waals surface area contributed by atoms with Crippen molar-refractivity contribution in [2.45, 2.75) is 0 Å². The Morgan fingerprint density at radius 1 is 0.833 bits per heavy atom. The van der Waals surface area contributed by atoms with Gasteiger partial charge >= 0.3 is 7.69 Å². The molecule has 4 heteroatoms. The summed E-state index contributed by atoms with van der Waals surface area (Å²) in [7, 11) is -0.324. The molecule has 0 amide bonds. The fraction of sp³-hybridized carbons (Fsp3) is 0. The van der Waals surface area contributed by atoms with Crippen LogP contribution in [-0.2, 0) is 0 Å². The minimum atomic E-state index is -0.324. The highest BCUT2D eigenvalue weighted by molar-refractivity contribution is 9.10. The minimum absolute atomic E-state index is 0.324. The van der Waals surface area contributed by atoms with E-state index in [0.717, 1.165) is 31.8 Å². The Kier molecular flexibility index (Phi) is 2.98. The Balaban J connectivity index is 2.54. The summed E-state index contributed by atoms with van der Waals surface area (Å²) in [5.41, 5.74) is 0. The van der Waals surface area contributed by atoms with Crippen LogP contribution in [0.4, 0.5) is 0 Å². The standard InChI is InChI=1S/C14H10BBrO2/c16-13-9-5-1-3-7-11(9)14(18-15-17)12-8-4-2-6-10(12)13/h1-8,15,17H. The van der Waals surface area contributed by atoms with Crippen molar-refractivity contribution in [1.29, 1.82) is 0 Å². The average molecular weight is 301 g/mol. The molecule has 0 unspecified atom stereocenters. The maximum absolute atomic E-state index is 9.07. The van der Waals surface area contributed by atoms with Gasteiger partial charge in [0, 0.05) is 26.0 Å². The van der Waals surface area contributed by atoms with Crippen LogP contribution in [0.5, 0.6) is 5.75 Å². The quantitative estimate of drug-likeness (QED) is 0.581. The van der Waals surface area contributed by atoms with E-state index in [1.54, 1.807) is 0 Å². The maximum Gasteiger partial charge on any atom is 0.504 e. The van der Waals surface area contributed by atoms with Crippen molar-refractivity contribution in [3.05, 3.63) is 53.0 Å². The van der Waals surface area contributed by atoms with Crippen LogP contribution in [0.15, 0.2) is 53.0 Å². The molecule has 0 aliphatic rings. The van der Waals surface area contributed by atoms with Crippen molar-refractivity contribution >= 4 is 45.2 Å². The van der Waals surface area contributed by atoms with Crippen molar-refractivity contribution in [2.24, 2.45) is 0 Å². The van der Waals surface area contributed by atoms with Gasteiger partial charge in [-0.1, -0.05) is 48.5 Å². The molecule has 0 aliphatic heterocycles. The largest absolute Gasteiger partial charge is 0.538 e. The summed E-state index contributed by atoms with van der Waals surface area (Å²) >= 11 is 3.65. The summed E-state index contributed by atoms with van der Waals surface area (Å²) in [6, 6.07) is 16.0. The molecule has 3 aromatic rings. The van der Waals surface area contributed by atoms with Gasteiger partial charge in [0.25, 0.3) is 0 Å². The van der Waals surface area contributed by atoms with Gasteiger partial charge in [-0.05, 0) is 15.9 Å².